The van der Waals surface area contributed by atoms with Crippen LogP contribution in [0.4, 0.5) is 10.5 Å². The number of ether oxygens (including phenoxy) is 1. The number of carbonyl (C=O) groups is 1. The van der Waals surface area contributed by atoms with Gasteiger partial charge in [-0.05, 0) is 27.2 Å². The van der Waals surface area contributed by atoms with Crippen LogP contribution in [0.2, 0.25) is 5.15 Å². The molecule has 8 nitrogen and oxygen atoms in total. The number of hydrogen-bond donors (Lipinski definition) is 3. The minimum atomic E-state index is -0.521. The summed E-state index contributed by atoms with van der Waals surface area (Å²) in [5.74, 6) is -0.196. The van der Waals surface area contributed by atoms with Crippen LogP contribution in [0.15, 0.2) is 6.07 Å². The number of likely N-dealkylation sites (tertiary alicyclic amines) is 1. The summed E-state index contributed by atoms with van der Waals surface area (Å²) < 4.78 is 5.36. The fraction of sp³-hybridized carbons (Fsp3) is 0.571. The molecule has 1 unspecified atom stereocenters. The van der Waals surface area contributed by atoms with Gasteiger partial charge in [0, 0.05) is 25.2 Å². The van der Waals surface area contributed by atoms with Gasteiger partial charge in [0.05, 0.1) is 5.69 Å². The molecule has 1 aromatic rings. The predicted molar refractivity (Wildman–Crippen MR) is 87.9 cm³/mol. The Morgan fingerprint density at radius 3 is 2.83 bits per heavy atom. The summed E-state index contributed by atoms with van der Waals surface area (Å²) in [4.78, 5) is 13.7. The molecule has 9 heteroatoms. The normalized spacial score (nSPS) is 17.9. The molecule has 1 amide bonds. The molecule has 1 aliphatic heterocycles. The van der Waals surface area contributed by atoms with E-state index < -0.39 is 5.60 Å². The SMILES string of the molecule is CC(C)(C)OC(=O)N1CCC(Nc2cc(Cl)nnc2C(=N)N)C1. The zero-order chi connectivity index (χ0) is 17.2. The first-order valence-corrected chi connectivity index (χ1v) is 7.65. The van der Waals surface area contributed by atoms with Crippen LogP contribution in [0, 0.1) is 5.41 Å². The largest absolute Gasteiger partial charge is 0.444 e. The Hall–Kier alpha value is -2.09. The number of nitrogens with zero attached hydrogens (tertiary/aromatic N) is 3. The van der Waals surface area contributed by atoms with Crippen molar-refractivity contribution in [1.29, 1.82) is 5.41 Å². The second-order valence-corrected chi connectivity index (χ2v) is 6.79. The molecule has 0 aliphatic carbocycles. The van der Waals surface area contributed by atoms with E-state index in [-0.39, 0.29) is 28.8 Å². The van der Waals surface area contributed by atoms with Crippen molar-refractivity contribution in [1.82, 2.24) is 15.1 Å². The summed E-state index contributed by atoms with van der Waals surface area (Å²) in [6.07, 6.45) is 0.413. The van der Waals surface area contributed by atoms with Gasteiger partial charge in [-0.3, -0.25) is 5.41 Å². The minimum absolute atomic E-state index is 0.000819. The topological polar surface area (TPSA) is 117 Å². The van der Waals surface area contributed by atoms with Crippen LogP contribution in [-0.2, 0) is 4.74 Å². The predicted octanol–water partition coefficient (Wildman–Crippen LogP) is 1.84. The smallest absolute Gasteiger partial charge is 0.410 e. The summed E-state index contributed by atoms with van der Waals surface area (Å²) in [5, 5.41) is 18.5. The molecule has 0 aromatic carbocycles. The van der Waals surface area contributed by atoms with Crippen LogP contribution in [-0.4, -0.2) is 51.8 Å². The van der Waals surface area contributed by atoms with Gasteiger partial charge in [-0.2, -0.15) is 0 Å². The number of anilines is 1. The van der Waals surface area contributed by atoms with Crippen molar-refractivity contribution < 1.29 is 9.53 Å². The van der Waals surface area contributed by atoms with E-state index in [2.05, 4.69) is 15.5 Å². The molecule has 1 saturated heterocycles. The fourth-order valence-corrected chi connectivity index (χ4v) is 2.41. The number of nitrogen functional groups attached to an aromatic ring is 1. The van der Waals surface area contributed by atoms with Gasteiger partial charge in [0.1, 0.15) is 11.4 Å². The van der Waals surface area contributed by atoms with Gasteiger partial charge >= 0.3 is 6.09 Å². The highest BCUT2D eigenvalue weighted by molar-refractivity contribution is 6.29. The maximum atomic E-state index is 12.1. The average Bonchev–Trinajstić information content (AvgIpc) is 2.85. The van der Waals surface area contributed by atoms with Gasteiger partial charge in [0.15, 0.2) is 10.8 Å². The number of nitrogens with one attached hydrogen (secondary N) is 2. The van der Waals surface area contributed by atoms with Gasteiger partial charge < -0.3 is 20.7 Å². The minimum Gasteiger partial charge on any atom is -0.444 e. The van der Waals surface area contributed by atoms with Crippen molar-refractivity contribution in [2.75, 3.05) is 18.4 Å². The molecule has 1 aromatic heterocycles. The van der Waals surface area contributed by atoms with E-state index in [4.69, 9.17) is 27.5 Å². The summed E-state index contributed by atoms with van der Waals surface area (Å²) in [5.41, 5.74) is 5.75. The first kappa shape index (κ1) is 17.3. The Kier molecular flexibility index (Phi) is 4.93. The summed E-state index contributed by atoms with van der Waals surface area (Å²) in [7, 11) is 0. The molecule has 0 bridgehead atoms. The Balaban J connectivity index is 2.02. The molecular weight excluding hydrogens is 320 g/mol. The maximum Gasteiger partial charge on any atom is 0.410 e. The Morgan fingerprint density at radius 2 is 2.22 bits per heavy atom. The molecule has 23 heavy (non-hydrogen) atoms. The lowest BCUT2D eigenvalue weighted by molar-refractivity contribution is 0.0293. The number of carbonyl (C=O) groups excluding carboxylic acids is 1. The van der Waals surface area contributed by atoms with Crippen LogP contribution in [0.1, 0.15) is 32.9 Å². The van der Waals surface area contributed by atoms with Crippen molar-refractivity contribution in [3.05, 3.63) is 16.9 Å². The highest BCUT2D eigenvalue weighted by Gasteiger charge is 2.30. The highest BCUT2D eigenvalue weighted by atomic mass is 35.5. The molecule has 1 fully saturated rings. The number of hydrogen-bond acceptors (Lipinski definition) is 6. The Labute approximate surface area is 139 Å². The molecule has 1 atom stereocenters. The van der Waals surface area contributed by atoms with Crippen molar-refractivity contribution >= 4 is 29.2 Å². The first-order chi connectivity index (χ1) is 10.7. The van der Waals surface area contributed by atoms with E-state index in [9.17, 15) is 4.79 Å². The van der Waals surface area contributed by atoms with Crippen molar-refractivity contribution in [2.24, 2.45) is 5.73 Å². The summed E-state index contributed by atoms with van der Waals surface area (Å²) >= 11 is 5.85. The van der Waals surface area contributed by atoms with E-state index >= 15 is 0 Å². The van der Waals surface area contributed by atoms with Crippen LogP contribution >= 0.6 is 11.6 Å². The van der Waals surface area contributed by atoms with E-state index in [1.165, 1.54) is 0 Å². The average molecular weight is 341 g/mol. The van der Waals surface area contributed by atoms with Gasteiger partial charge in [-0.15, -0.1) is 10.2 Å². The summed E-state index contributed by atoms with van der Waals surface area (Å²) in [6, 6.07) is 1.57. The third-order valence-electron chi connectivity index (χ3n) is 3.22. The van der Waals surface area contributed by atoms with Crippen molar-refractivity contribution in [3.8, 4) is 0 Å². The summed E-state index contributed by atoms with van der Waals surface area (Å²) in [6.45, 7) is 6.59. The Morgan fingerprint density at radius 1 is 1.52 bits per heavy atom. The molecule has 4 N–H and O–H groups in total. The van der Waals surface area contributed by atoms with Crippen LogP contribution in [0.3, 0.4) is 0 Å². The Bertz CT molecular complexity index is 616. The zero-order valence-corrected chi connectivity index (χ0v) is 14.1. The van der Waals surface area contributed by atoms with Crippen LogP contribution in [0.25, 0.3) is 0 Å². The first-order valence-electron chi connectivity index (χ1n) is 7.28. The van der Waals surface area contributed by atoms with Crippen LogP contribution < -0.4 is 11.1 Å². The third kappa shape index (κ3) is 4.69. The number of nitrogens with two attached hydrogens (primary N) is 1. The molecule has 0 radical (unpaired) electrons. The van der Waals surface area contributed by atoms with E-state index in [0.717, 1.165) is 6.42 Å². The number of halogens is 1. The molecule has 0 spiro atoms. The van der Waals surface area contributed by atoms with E-state index in [0.29, 0.717) is 18.8 Å². The zero-order valence-electron chi connectivity index (χ0n) is 13.4. The van der Waals surface area contributed by atoms with Gasteiger partial charge in [0.2, 0.25) is 0 Å². The maximum absolute atomic E-state index is 12.1. The fourth-order valence-electron chi connectivity index (χ4n) is 2.27. The third-order valence-corrected chi connectivity index (χ3v) is 3.40. The van der Waals surface area contributed by atoms with Gasteiger partial charge in [-0.25, -0.2) is 4.79 Å². The molecule has 1 aliphatic rings. The second-order valence-electron chi connectivity index (χ2n) is 6.40. The van der Waals surface area contributed by atoms with E-state index in [1.54, 1.807) is 11.0 Å². The van der Waals surface area contributed by atoms with E-state index in [1.807, 2.05) is 20.8 Å². The van der Waals surface area contributed by atoms with Crippen molar-refractivity contribution in [2.45, 2.75) is 38.8 Å². The van der Waals surface area contributed by atoms with Crippen molar-refractivity contribution in [3.63, 3.8) is 0 Å². The molecule has 2 rings (SSSR count). The molecule has 0 saturated carbocycles. The quantitative estimate of drug-likeness (QED) is 0.571. The molecule has 2 heterocycles. The lowest BCUT2D eigenvalue weighted by Crippen LogP contribution is -2.36. The number of amides is 1. The monoisotopic (exact) mass is 340 g/mol. The number of aromatic nitrogens is 2. The van der Waals surface area contributed by atoms with Crippen LogP contribution in [0.5, 0.6) is 0 Å². The lowest BCUT2D eigenvalue weighted by atomic mass is 10.2. The molecular formula is C14H21ClN6O2. The standard InChI is InChI=1S/C14H21ClN6O2/c1-14(2,3)23-13(22)21-5-4-8(7-21)18-9-6-10(15)19-20-11(9)12(16)17/h6,8H,4-5,7H2,1-3H3,(H3,16,17)(H,18,19). The highest BCUT2D eigenvalue weighted by Crippen LogP contribution is 2.21. The van der Waals surface area contributed by atoms with Gasteiger partial charge in [-0.1, -0.05) is 11.6 Å². The number of amidine groups is 1. The lowest BCUT2D eigenvalue weighted by Gasteiger charge is -2.24. The molecule has 126 valence electrons. The van der Waals surface area contributed by atoms with Gasteiger partial charge in [0.25, 0.3) is 0 Å². The second kappa shape index (κ2) is 6.57. The number of rotatable bonds is 3.